The standard InChI is InChI=1S/C14H20N2O3S2/c1-21(18,19)15-12-8-14(9-12)3-5-16(6-4-14)13(17)11-2-7-20-10-11/h2,7,10,12,15H,3-6,8-9H2,1H3. The molecule has 21 heavy (non-hydrogen) atoms. The molecule has 1 aliphatic carbocycles. The molecule has 0 aromatic carbocycles. The van der Waals surface area contributed by atoms with Crippen LogP contribution in [-0.2, 0) is 10.0 Å². The number of hydrogen-bond donors (Lipinski definition) is 1. The minimum absolute atomic E-state index is 0.0825. The zero-order valence-corrected chi connectivity index (χ0v) is 13.7. The van der Waals surface area contributed by atoms with Crippen LogP contribution in [0.25, 0.3) is 0 Å². The zero-order valence-electron chi connectivity index (χ0n) is 12.0. The molecular formula is C14H20N2O3S2. The van der Waals surface area contributed by atoms with Gasteiger partial charge in [-0.05, 0) is 42.5 Å². The number of carbonyl (C=O) groups is 1. The van der Waals surface area contributed by atoms with E-state index in [4.69, 9.17) is 0 Å². The lowest BCUT2D eigenvalue weighted by atomic mass is 9.60. The highest BCUT2D eigenvalue weighted by atomic mass is 32.2. The number of thiophene rings is 1. The molecule has 0 atom stereocenters. The number of likely N-dealkylation sites (tertiary alicyclic amines) is 1. The molecular weight excluding hydrogens is 308 g/mol. The Bertz CT molecular complexity index is 609. The second-order valence-corrected chi connectivity index (χ2v) is 8.86. The van der Waals surface area contributed by atoms with Crippen LogP contribution < -0.4 is 4.72 Å². The monoisotopic (exact) mass is 328 g/mol. The molecule has 0 bridgehead atoms. The van der Waals surface area contributed by atoms with Gasteiger partial charge < -0.3 is 4.90 Å². The Labute approximate surface area is 129 Å². The van der Waals surface area contributed by atoms with Crippen LogP contribution in [0.3, 0.4) is 0 Å². The predicted molar refractivity (Wildman–Crippen MR) is 82.9 cm³/mol. The largest absolute Gasteiger partial charge is 0.339 e. The predicted octanol–water partition coefficient (Wildman–Crippen LogP) is 1.68. The number of amides is 1. The van der Waals surface area contributed by atoms with E-state index in [-0.39, 0.29) is 17.4 Å². The fourth-order valence-electron chi connectivity index (χ4n) is 3.53. The van der Waals surface area contributed by atoms with Crippen molar-refractivity contribution in [3.63, 3.8) is 0 Å². The van der Waals surface area contributed by atoms with E-state index < -0.39 is 10.0 Å². The van der Waals surface area contributed by atoms with E-state index in [1.165, 1.54) is 6.26 Å². The van der Waals surface area contributed by atoms with Crippen molar-refractivity contribution in [2.45, 2.75) is 31.7 Å². The first kappa shape index (κ1) is 15.0. The SMILES string of the molecule is CS(=O)(=O)NC1CC2(CCN(C(=O)c3ccsc3)CC2)C1. The van der Waals surface area contributed by atoms with Crippen molar-refractivity contribution in [2.75, 3.05) is 19.3 Å². The molecule has 0 unspecified atom stereocenters. The summed E-state index contributed by atoms with van der Waals surface area (Å²) in [7, 11) is -3.11. The van der Waals surface area contributed by atoms with E-state index >= 15 is 0 Å². The number of hydrogen-bond acceptors (Lipinski definition) is 4. The van der Waals surface area contributed by atoms with Crippen molar-refractivity contribution in [2.24, 2.45) is 5.41 Å². The highest BCUT2D eigenvalue weighted by molar-refractivity contribution is 7.88. The van der Waals surface area contributed by atoms with E-state index in [1.54, 1.807) is 11.3 Å². The summed E-state index contributed by atoms with van der Waals surface area (Å²) >= 11 is 1.54. The van der Waals surface area contributed by atoms with Gasteiger partial charge in [-0.3, -0.25) is 4.79 Å². The number of sulfonamides is 1. The van der Waals surface area contributed by atoms with Crippen LogP contribution in [0, 0.1) is 5.41 Å². The van der Waals surface area contributed by atoms with Gasteiger partial charge in [0.05, 0.1) is 11.8 Å². The van der Waals surface area contributed by atoms with E-state index in [0.29, 0.717) is 0 Å². The third-order valence-corrected chi connectivity index (χ3v) is 6.06. The zero-order chi connectivity index (χ0) is 15.1. The first-order valence-electron chi connectivity index (χ1n) is 7.16. The van der Waals surface area contributed by atoms with Crippen LogP contribution in [0.5, 0.6) is 0 Å². The maximum absolute atomic E-state index is 12.3. The van der Waals surface area contributed by atoms with Gasteiger partial charge in [0, 0.05) is 24.5 Å². The first-order valence-corrected chi connectivity index (χ1v) is 9.99. The summed E-state index contributed by atoms with van der Waals surface area (Å²) < 4.78 is 25.1. The number of carbonyl (C=O) groups excluding carboxylic acids is 1. The highest BCUT2D eigenvalue weighted by Crippen LogP contribution is 2.49. The molecule has 2 aliphatic rings. The molecule has 0 radical (unpaired) electrons. The fourth-order valence-corrected chi connectivity index (χ4v) is 4.93. The maximum atomic E-state index is 12.3. The Morgan fingerprint density at radius 1 is 1.38 bits per heavy atom. The number of piperidine rings is 1. The Hall–Kier alpha value is -0.920. The van der Waals surface area contributed by atoms with Crippen molar-refractivity contribution >= 4 is 27.3 Å². The molecule has 7 heteroatoms. The van der Waals surface area contributed by atoms with Crippen molar-refractivity contribution < 1.29 is 13.2 Å². The molecule has 1 aliphatic heterocycles. The lowest BCUT2D eigenvalue weighted by Crippen LogP contribution is -2.55. The maximum Gasteiger partial charge on any atom is 0.254 e. The molecule has 5 nitrogen and oxygen atoms in total. The van der Waals surface area contributed by atoms with Crippen LogP contribution in [0.15, 0.2) is 16.8 Å². The number of nitrogens with one attached hydrogen (secondary N) is 1. The summed E-state index contributed by atoms with van der Waals surface area (Å²) in [5, 5.41) is 3.81. The topological polar surface area (TPSA) is 66.5 Å². The second kappa shape index (κ2) is 5.37. The smallest absolute Gasteiger partial charge is 0.254 e. The van der Waals surface area contributed by atoms with Crippen LogP contribution in [0.4, 0.5) is 0 Å². The van der Waals surface area contributed by atoms with Crippen LogP contribution in [0.2, 0.25) is 0 Å². The third kappa shape index (κ3) is 3.30. The van der Waals surface area contributed by atoms with Crippen LogP contribution in [0.1, 0.15) is 36.0 Å². The van der Waals surface area contributed by atoms with E-state index in [1.807, 2.05) is 21.7 Å². The van der Waals surface area contributed by atoms with Crippen molar-refractivity contribution in [3.8, 4) is 0 Å². The normalized spacial score (nSPS) is 22.2. The van der Waals surface area contributed by atoms with Crippen molar-refractivity contribution in [1.29, 1.82) is 0 Å². The number of nitrogens with zero attached hydrogens (tertiary/aromatic N) is 1. The highest BCUT2D eigenvalue weighted by Gasteiger charge is 2.47. The molecule has 2 heterocycles. The molecule has 1 N–H and O–H groups in total. The molecule has 1 amide bonds. The molecule has 1 spiro atoms. The molecule has 3 rings (SSSR count). The molecule has 1 saturated heterocycles. The molecule has 2 fully saturated rings. The Morgan fingerprint density at radius 3 is 2.57 bits per heavy atom. The Balaban J connectivity index is 1.52. The minimum Gasteiger partial charge on any atom is -0.339 e. The van der Waals surface area contributed by atoms with E-state index in [9.17, 15) is 13.2 Å². The summed E-state index contributed by atoms with van der Waals surface area (Å²) in [5.41, 5.74) is 1.02. The van der Waals surface area contributed by atoms with Crippen LogP contribution in [-0.4, -0.2) is 44.6 Å². The third-order valence-electron chi connectivity index (χ3n) is 4.62. The summed E-state index contributed by atoms with van der Waals surface area (Å²) in [6.07, 6.45) is 4.97. The van der Waals surface area contributed by atoms with Gasteiger partial charge in [0.1, 0.15) is 0 Å². The summed E-state index contributed by atoms with van der Waals surface area (Å²) in [6.45, 7) is 1.56. The quantitative estimate of drug-likeness (QED) is 0.918. The molecule has 1 aromatic rings. The summed E-state index contributed by atoms with van der Waals surface area (Å²) in [4.78, 5) is 14.2. The average Bonchev–Trinajstić information content (AvgIpc) is 2.89. The van der Waals surface area contributed by atoms with Gasteiger partial charge >= 0.3 is 0 Å². The van der Waals surface area contributed by atoms with Gasteiger partial charge in [0.2, 0.25) is 10.0 Å². The lowest BCUT2D eigenvalue weighted by Gasteiger charge is -2.52. The summed E-state index contributed by atoms with van der Waals surface area (Å²) in [5.74, 6) is 0.122. The second-order valence-electron chi connectivity index (χ2n) is 6.30. The fraction of sp³-hybridized carbons (Fsp3) is 0.643. The minimum atomic E-state index is -3.11. The van der Waals surface area contributed by atoms with Gasteiger partial charge in [-0.1, -0.05) is 0 Å². The van der Waals surface area contributed by atoms with Gasteiger partial charge in [-0.25, -0.2) is 13.1 Å². The van der Waals surface area contributed by atoms with E-state index in [2.05, 4.69) is 4.72 Å². The molecule has 1 aromatic heterocycles. The molecule has 116 valence electrons. The van der Waals surface area contributed by atoms with Gasteiger partial charge in [0.15, 0.2) is 0 Å². The molecule has 1 saturated carbocycles. The van der Waals surface area contributed by atoms with Crippen molar-refractivity contribution in [1.82, 2.24) is 9.62 Å². The number of rotatable bonds is 3. The van der Waals surface area contributed by atoms with Gasteiger partial charge in [-0.2, -0.15) is 11.3 Å². The Morgan fingerprint density at radius 2 is 2.05 bits per heavy atom. The van der Waals surface area contributed by atoms with Gasteiger partial charge in [0.25, 0.3) is 5.91 Å². The first-order chi connectivity index (χ1) is 9.87. The van der Waals surface area contributed by atoms with Crippen molar-refractivity contribution in [3.05, 3.63) is 22.4 Å². The van der Waals surface area contributed by atoms with Crippen LogP contribution >= 0.6 is 11.3 Å². The van der Waals surface area contributed by atoms with E-state index in [0.717, 1.165) is 44.3 Å². The Kier molecular flexibility index (Phi) is 3.83. The lowest BCUT2D eigenvalue weighted by molar-refractivity contribution is 0.0138. The summed E-state index contributed by atoms with van der Waals surface area (Å²) in [6, 6.07) is 1.95. The average molecular weight is 328 g/mol. The van der Waals surface area contributed by atoms with Gasteiger partial charge in [-0.15, -0.1) is 0 Å².